The molecule has 0 aliphatic heterocycles. The van der Waals surface area contributed by atoms with E-state index in [4.69, 9.17) is 10.5 Å². The number of aromatic amines is 1. The molecular weight excluding hydrogens is 396 g/mol. The summed E-state index contributed by atoms with van der Waals surface area (Å²) in [4.78, 5) is 41.6. The summed E-state index contributed by atoms with van der Waals surface area (Å²) in [5.41, 5.74) is 7.58. The van der Waals surface area contributed by atoms with Gasteiger partial charge in [-0.2, -0.15) is 0 Å². The van der Waals surface area contributed by atoms with Crippen LogP contribution in [0.4, 0.5) is 11.5 Å². The Balaban J connectivity index is 1.86. The number of carbonyl (C=O) groups excluding carboxylic acids is 1. The van der Waals surface area contributed by atoms with Crippen molar-refractivity contribution in [2.75, 3.05) is 23.8 Å². The molecule has 8 nitrogen and oxygen atoms in total. The zero-order valence-corrected chi connectivity index (χ0v) is 18.6. The van der Waals surface area contributed by atoms with E-state index in [2.05, 4.69) is 4.98 Å². The Bertz CT molecular complexity index is 1050. The Labute approximate surface area is 182 Å². The SMILES string of the molecule is CCCCN(C(=O)COc1ccc2c(c1)CCC2)c1c(N)n(CC(C)C)c(=O)[nH]c1=O. The molecular formula is C23H32N4O4. The molecule has 0 atom stereocenters. The second-order valence-electron chi connectivity index (χ2n) is 8.47. The van der Waals surface area contributed by atoms with E-state index in [9.17, 15) is 14.4 Å². The van der Waals surface area contributed by atoms with Gasteiger partial charge in [0.15, 0.2) is 12.3 Å². The molecule has 168 valence electrons. The smallest absolute Gasteiger partial charge is 0.330 e. The molecule has 1 aromatic carbocycles. The first-order valence-corrected chi connectivity index (χ1v) is 11.0. The number of unbranched alkanes of at least 4 members (excludes halogenated alkanes) is 1. The van der Waals surface area contributed by atoms with Gasteiger partial charge in [-0.25, -0.2) is 4.79 Å². The van der Waals surface area contributed by atoms with Crippen molar-refractivity contribution in [1.82, 2.24) is 9.55 Å². The van der Waals surface area contributed by atoms with Gasteiger partial charge in [0.05, 0.1) is 0 Å². The normalized spacial score (nSPS) is 12.8. The number of anilines is 2. The fourth-order valence-electron chi connectivity index (χ4n) is 3.92. The summed E-state index contributed by atoms with van der Waals surface area (Å²) < 4.78 is 7.08. The molecule has 1 aromatic heterocycles. The quantitative estimate of drug-likeness (QED) is 0.637. The lowest BCUT2D eigenvalue weighted by Gasteiger charge is -2.25. The van der Waals surface area contributed by atoms with Gasteiger partial charge in [0, 0.05) is 13.1 Å². The van der Waals surface area contributed by atoms with Crippen LogP contribution in [0.2, 0.25) is 0 Å². The number of nitrogens with zero attached hydrogens (tertiary/aromatic N) is 2. The van der Waals surface area contributed by atoms with Crippen LogP contribution in [-0.4, -0.2) is 28.6 Å². The molecule has 0 saturated heterocycles. The Hall–Kier alpha value is -3.03. The zero-order chi connectivity index (χ0) is 22.5. The standard InChI is InChI=1S/C23H32N4O4/c1-4-5-11-26(20-21(24)27(13-15(2)3)23(30)25-22(20)29)19(28)14-31-18-10-9-16-7-6-8-17(16)12-18/h9-10,12,15H,4-8,11,13-14,24H2,1-3H3,(H,25,29,30). The molecule has 8 heteroatoms. The van der Waals surface area contributed by atoms with Gasteiger partial charge in [-0.15, -0.1) is 0 Å². The third-order valence-electron chi connectivity index (χ3n) is 5.50. The minimum Gasteiger partial charge on any atom is -0.484 e. The number of hydrogen-bond acceptors (Lipinski definition) is 5. The highest BCUT2D eigenvalue weighted by Crippen LogP contribution is 2.26. The molecule has 2 aromatic rings. The Morgan fingerprint density at radius 3 is 2.71 bits per heavy atom. The Kier molecular flexibility index (Phi) is 7.20. The number of aromatic nitrogens is 2. The lowest BCUT2D eigenvalue weighted by molar-refractivity contribution is -0.120. The van der Waals surface area contributed by atoms with E-state index in [0.717, 1.165) is 25.7 Å². The molecule has 1 amide bonds. The molecule has 0 saturated carbocycles. The molecule has 0 bridgehead atoms. The maximum absolute atomic E-state index is 13.1. The molecule has 31 heavy (non-hydrogen) atoms. The number of nitrogen functional groups attached to an aromatic ring is 1. The molecule has 1 aliphatic rings. The maximum Gasteiger partial charge on any atom is 0.330 e. The maximum atomic E-state index is 13.1. The predicted octanol–water partition coefficient (Wildman–Crippen LogP) is 2.48. The van der Waals surface area contributed by atoms with Crippen molar-refractivity contribution in [3.05, 3.63) is 50.2 Å². The fourth-order valence-corrected chi connectivity index (χ4v) is 3.92. The fraction of sp³-hybridized carbons (Fsp3) is 0.522. The largest absolute Gasteiger partial charge is 0.484 e. The van der Waals surface area contributed by atoms with Gasteiger partial charge >= 0.3 is 5.69 Å². The molecule has 0 fully saturated rings. The summed E-state index contributed by atoms with van der Waals surface area (Å²) in [5, 5.41) is 0. The van der Waals surface area contributed by atoms with Crippen molar-refractivity contribution in [3.63, 3.8) is 0 Å². The van der Waals surface area contributed by atoms with Crippen LogP contribution in [0.1, 0.15) is 51.2 Å². The number of H-pyrrole nitrogens is 1. The van der Waals surface area contributed by atoms with E-state index < -0.39 is 11.2 Å². The Morgan fingerprint density at radius 1 is 1.26 bits per heavy atom. The number of aryl methyl sites for hydroxylation is 2. The number of nitrogens with two attached hydrogens (primary N) is 1. The first-order chi connectivity index (χ1) is 14.8. The van der Waals surface area contributed by atoms with Crippen molar-refractivity contribution >= 4 is 17.4 Å². The van der Waals surface area contributed by atoms with Crippen LogP contribution >= 0.6 is 0 Å². The number of ether oxygens (including phenoxy) is 1. The number of fused-ring (bicyclic) bond motifs is 1. The number of amides is 1. The minimum atomic E-state index is -0.663. The number of carbonyl (C=O) groups is 1. The summed E-state index contributed by atoms with van der Waals surface area (Å²) in [7, 11) is 0. The van der Waals surface area contributed by atoms with Gasteiger partial charge in [0.2, 0.25) is 0 Å². The summed E-state index contributed by atoms with van der Waals surface area (Å²) in [6, 6.07) is 5.90. The van der Waals surface area contributed by atoms with Crippen LogP contribution in [-0.2, 0) is 24.2 Å². The lowest BCUT2D eigenvalue weighted by atomic mass is 10.1. The van der Waals surface area contributed by atoms with Gasteiger partial charge < -0.3 is 15.4 Å². The van der Waals surface area contributed by atoms with Gasteiger partial charge in [-0.1, -0.05) is 33.3 Å². The summed E-state index contributed by atoms with van der Waals surface area (Å²) >= 11 is 0. The molecule has 1 aliphatic carbocycles. The minimum absolute atomic E-state index is 0.00411. The van der Waals surface area contributed by atoms with Crippen molar-refractivity contribution in [1.29, 1.82) is 0 Å². The van der Waals surface area contributed by atoms with Crippen LogP contribution in [0.25, 0.3) is 0 Å². The monoisotopic (exact) mass is 428 g/mol. The number of rotatable bonds is 9. The third kappa shape index (κ3) is 5.18. The van der Waals surface area contributed by atoms with Crippen LogP contribution in [0.15, 0.2) is 27.8 Å². The van der Waals surface area contributed by atoms with Crippen LogP contribution in [0.5, 0.6) is 5.75 Å². The molecule has 3 N–H and O–H groups in total. The van der Waals surface area contributed by atoms with E-state index in [1.54, 1.807) is 0 Å². The van der Waals surface area contributed by atoms with Gasteiger partial charge in [0.1, 0.15) is 11.6 Å². The van der Waals surface area contributed by atoms with E-state index in [1.807, 2.05) is 39.0 Å². The second kappa shape index (κ2) is 9.85. The highest BCUT2D eigenvalue weighted by Gasteiger charge is 2.24. The predicted molar refractivity (Wildman–Crippen MR) is 122 cm³/mol. The van der Waals surface area contributed by atoms with Crippen molar-refractivity contribution < 1.29 is 9.53 Å². The number of hydrogen-bond donors (Lipinski definition) is 2. The van der Waals surface area contributed by atoms with Crippen molar-refractivity contribution in [2.24, 2.45) is 5.92 Å². The first-order valence-electron chi connectivity index (χ1n) is 11.0. The summed E-state index contributed by atoms with van der Waals surface area (Å²) in [6.45, 7) is 6.33. The highest BCUT2D eigenvalue weighted by atomic mass is 16.5. The van der Waals surface area contributed by atoms with E-state index in [0.29, 0.717) is 25.3 Å². The third-order valence-corrected chi connectivity index (χ3v) is 5.50. The van der Waals surface area contributed by atoms with E-state index >= 15 is 0 Å². The second-order valence-corrected chi connectivity index (χ2v) is 8.47. The molecule has 1 heterocycles. The van der Waals surface area contributed by atoms with Gasteiger partial charge in [-0.3, -0.25) is 19.1 Å². The average Bonchev–Trinajstić information content (AvgIpc) is 3.19. The van der Waals surface area contributed by atoms with Crippen molar-refractivity contribution in [2.45, 2.75) is 59.4 Å². The zero-order valence-electron chi connectivity index (χ0n) is 18.6. The molecule has 0 radical (unpaired) electrons. The van der Waals surface area contributed by atoms with Crippen LogP contribution in [0, 0.1) is 5.92 Å². The molecule has 0 unspecified atom stereocenters. The van der Waals surface area contributed by atoms with E-state index in [-0.39, 0.29) is 29.9 Å². The highest BCUT2D eigenvalue weighted by molar-refractivity contribution is 5.96. The number of nitrogens with one attached hydrogen (secondary N) is 1. The first kappa shape index (κ1) is 22.7. The molecule has 3 rings (SSSR count). The summed E-state index contributed by atoms with van der Waals surface area (Å²) in [5.74, 6) is 0.406. The Morgan fingerprint density at radius 2 is 2.00 bits per heavy atom. The van der Waals surface area contributed by atoms with Crippen LogP contribution in [0.3, 0.4) is 0 Å². The van der Waals surface area contributed by atoms with Crippen molar-refractivity contribution in [3.8, 4) is 5.75 Å². The van der Waals surface area contributed by atoms with Gasteiger partial charge in [0.25, 0.3) is 11.5 Å². The lowest BCUT2D eigenvalue weighted by Crippen LogP contribution is -2.43. The van der Waals surface area contributed by atoms with Gasteiger partial charge in [-0.05, 0) is 54.9 Å². The van der Waals surface area contributed by atoms with E-state index in [1.165, 1.54) is 20.6 Å². The van der Waals surface area contributed by atoms with Crippen LogP contribution < -0.4 is 26.6 Å². The average molecular weight is 429 g/mol. The number of benzene rings is 1. The summed E-state index contributed by atoms with van der Waals surface area (Å²) in [6.07, 6.45) is 4.75. The molecule has 0 spiro atoms. The topological polar surface area (TPSA) is 110 Å².